The maximum absolute atomic E-state index is 13.5. The molecule has 1 aromatic heterocycles. The molecule has 0 radical (unpaired) electrons. The highest BCUT2D eigenvalue weighted by atomic mass is 35.5. The molecule has 2 N–H and O–H groups in total. The normalized spacial score (nSPS) is 21.8. The molecule has 8 nitrogen and oxygen atoms in total. The van der Waals surface area contributed by atoms with Crippen molar-refractivity contribution in [2.75, 3.05) is 11.0 Å². The maximum atomic E-state index is 13.5. The Balaban J connectivity index is 1.87. The number of nitrogens with one attached hydrogen (secondary N) is 1. The molecular weight excluding hydrogens is 469 g/mol. The molecule has 1 aliphatic carbocycles. The van der Waals surface area contributed by atoms with E-state index in [2.05, 4.69) is 32.7 Å². The summed E-state index contributed by atoms with van der Waals surface area (Å²) in [7, 11) is -1.87. The van der Waals surface area contributed by atoms with Gasteiger partial charge in [-0.3, -0.25) is 9.40 Å². The number of fused-ring (bicyclic) bond motifs is 1. The van der Waals surface area contributed by atoms with Gasteiger partial charge in [0.25, 0.3) is 0 Å². The first-order valence-corrected chi connectivity index (χ1v) is 12.3. The van der Waals surface area contributed by atoms with Gasteiger partial charge in [0.2, 0.25) is 10.0 Å². The number of alkyl halides is 1. The van der Waals surface area contributed by atoms with Crippen molar-refractivity contribution in [1.29, 1.82) is 5.26 Å². The number of halogens is 2. The minimum Gasteiger partial charge on any atom is -0.378 e. The molecule has 0 aliphatic heterocycles. The number of hydrogen-bond donors (Lipinski definition) is 2. The van der Waals surface area contributed by atoms with Crippen LogP contribution in [0, 0.1) is 29.1 Å². The second-order valence-corrected chi connectivity index (χ2v) is 10.1. The summed E-state index contributed by atoms with van der Waals surface area (Å²) in [5.41, 5.74) is 0.355. The zero-order chi connectivity index (χ0) is 24.4. The fourth-order valence-corrected chi connectivity index (χ4v) is 4.34. The lowest BCUT2D eigenvalue weighted by Gasteiger charge is -2.35. The molecule has 0 amide bonds. The lowest BCUT2D eigenvalue weighted by Crippen LogP contribution is -2.41. The molecule has 1 fully saturated rings. The first-order valence-electron chi connectivity index (χ1n) is 10.1. The van der Waals surface area contributed by atoms with Gasteiger partial charge >= 0.3 is 0 Å². The Morgan fingerprint density at radius 3 is 2.85 bits per heavy atom. The summed E-state index contributed by atoms with van der Waals surface area (Å²) in [5, 5.41) is 24.2. The molecule has 1 atom stereocenters. The lowest BCUT2D eigenvalue weighted by molar-refractivity contribution is -0.00234. The van der Waals surface area contributed by atoms with Gasteiger partial charge in [0, 0.05) is 19.9 Å². The monoisotopic (exact) mass is 491 g/mol. The Labute approximate surface area is 196 Å². The van der Waals surface area contributed by atoms with Crippen molar-refractivity contribution in [1.82, 2.24) is 9.78 Å². The highest BCUT2D eigenvalue weighted by Gasteiger charge is 2.41. The molecule has 2 aromatic rings. The predicted molar refractivity (Wildman–Crippen MR) is 126 cm³/mol. The van der Waals surface area contributed by atoms with E-state index in [4.69, 9.17) is 16.9 Å². The highest BCUT2D eigenvalue weighted by Crippen LogP contribution is 2.36. The third-order valence-electron chi connectivity index (χ3n) is 5.01. The first-order chi connectivity index (χ1) is 15.4. The quantitative estimate of drug-likeness (QED) is 0.365. The van der Waals surface area contributed by atoms with E-state index in [1.54, 1.807) is 31.3 Å². The number of aliphatic hydroxyl groups is 1. The van der Waals surface area contributed by atoms with E-state index in [0.29, 0.717) is 22.3 Å². The van der Waals surface area contributed by atoms with Gasteiger partial charge < -0.3 is 5.11 Å². The number of hydrogen-bond acceptors (Lipinski definition) is 6. The Hall–Kier alpha value is -2.92. The fraction of sp³-hybridized carbons (Fsp3) is 0.409. The van der Waals surface area contributed by atoms with Crippen LogP contribution < -0.4 is 4.72 Å². The van der Waals surface area contributed by atoms with Gasteiger partial charge in [0.15, 0.2) is 12.1 Å². The molecule has 1 aromatic carbocycles. The number of nitrogens with zero attached hydrogens (tertiary/aromatic N) is 4. The molecule has 0 saturated heterocycles. The zero-order valence-corrected chi connectivity index (χ0v) is 19.9. The summed E-state index contributed by atoms with van der Waals surface area (Å²) >= 11 is 6.31. The van der Waals surface area contributed by atoms with Gasteiger partial charge in [0.1, 0.15) is 11.3 Å². The van der Waals surface area contributed by atoms with Crippen molar-refractivity contribution in [2.24, 2.45) is 18.0 Å². The summed E-state index contributed by atoms with van der Waals surface area (Å²) in [5.74, 6) is 5.31. The van der Waals surface area contributed by atoms with E-state index in [0.717, 1.165) is 11.8 Å². The minimum absolute atomic E-state index is 0.134. The molecule has 11 heteroatoms. The van der Waals surface area contributed by atoms with Crippen LogP contribution in [0.15, 0.2) is 29.3 Å². The van der Waals surface area contributed by atoms with Gasteiger partial charge in [0.05, 0.1) is 34.2 Å². The Morgan fingerprint density at radius 1 is 1.55 bits per heavy atom. The van der Waals surface area contributed by atoms with E-state index in [1.807, 2.05) is 0 Å². The van der Waals surface area contributed by atoms with E-state index in [-0.39, 0.29) is 30.3 Å². The summed E-state index contributed by atoms with van der Waals surface area (Å²) in [6.45, 7) is 1.27. The lowest BCUT2D eigenvalue weighted by atomic mass is 9.72. The number of sulfonamides is 1. The first kappa shape index (κ1) is 24.7. The van der Waals surface area contributed by atoms with Gasteiger partial charge in [-0.2, -0.15) is 10.4 Å². The largest absolute Gasteiger partial charge is 0.378 e. The van der Waals surface area contributed by atoms with Crippen LogP contribution in [0.4, 0.5) is 10.2 Å². The van der Waals surface area contributed by atoms with Crippen molar-refractivity contribution >= 4 is 44.1 Å². The molecule has 33 heavy (non-hydrogen) atoms. The van der Waals surface area contributed by atoms with E-state index < -0.39 is 21.9 Å². The second-order valence-electron chi connectivity index (χ2n) is 7.99. The molecule has 0 bridgehead atoms. The number of rotatable bonds is 6. The van der Waals surface area contributed by atoms with Crippen LogP contribution >= 0.6 is 11.6 Å². The molecule has 1 saturated carbocycles. The third-order valence-corrected chi connectivity index (χ3v) is 5.89. The molecule has 174 valence electrons. The van der Waals surface area contributed by atoms with Crippen LogP contribution in [0.25, 0.3) is 10.9 Å². The van der Waals surface area contributed by atoms with Gasteiger partial charge in [-0.15, -0.1) is 0 Å². The highest BCUT2D eigenvalue weighted by molar-refractivity contribution is 7.92. The minimum atomic E-state index is -3.55. The topological polar surface area (TPSA) is 120 Å². The number of aliphatic imine (C=N–C) groups is 1. The van der Waals surface area contributed by atoms with E-state index in [1.165, 1.54) is 11.6 Å². The van der Waals surface area contributed by atoms with Gasteiger partial charge in [-0.25, -0.2) is 17.8 Å². The smallest absolute Gasteiger partial charge is 0.231 e. The molecule has 1 aliphatic rings. The SMILES string of the molecule is CC(F)N=C(C#CC1(O)CC(C#N)C1)/C=C\Cc1ccc(Cl)c2c(NS(C)(=O)=O)nn(C)c12. The summed E-state index contributed by atoms with van der Waals surface area (Å²) in [4.78, 5) is 3.85. The molecule has 3 rings (SSSR count). The van der Waals surface area contributed by atoms with Crippen LogP contribution in [0.1, 0.15) is 25.3 Å². The maximum Gasteiger partial charge on any atom is 0.231 e. The van der Waals surface area contributed by atoms with Crippen molar-refractivity contribution in [3.05, 3.63) is 34.9 Å². The number of anilines is 1. The van der Waals surface area contributed by atoms with Crippen molar-refractivity contribution in [2.45, 2.75) is 38.1 Å². The number of allylic oxidation sites excluding steroid dienone is 2. The zero-order valence-electron chi connectivity index (χ0n) is 18.3. The predicted octanol–water partition coefficient (Wildman–Crippen LogP) is 3.12. The summed E-state index contributed by atoms with van der Waals surface area (Å²) < 4.78 is 40.8. The fourth-order valence-electron chi connectivity index (χ4n) is 3.60. The molecular formula is C22H23ClFN5O3S. The van der Waals surface area contributed by atoms with Crippen molar-refractivity contribution in [3.8, 4) is 17.9 Å². The van der Waals surface area contributed by atoms with Crippen molar-refractivity contribution < 1.29 is 17.9 Å². The summed E-state index contributed by atoms with van der Waals surface area (Å²) in [6, 6.07) is 5.52. The average Bonchev–Trinajstić information content (AvgIpc) is 3.00. The standard InChI is InChI=1S/C22H23ClFN5O3S/c1-14(24)26-17(9-10-22(30)11-15(12-22)13-25)6-4-5-16-7-8-18(23)19-20(16)29(2)27-21(19)28-33(3,31)32/h4,6-8,14-15,30H,5,11-12H2,1-3H3,(H,27,28)/b6-4-,26-17?. The van der Waals surface area contributed by atoms with E-state index >= 15 is 0 Å². The van der Waals surface area contributed by atoms with Crippen LogP contribution in [0.3, 0.4) is 0 Å². The molecule has 0 spiro atoms. The van der Waals surface area contributed by atoms with Crippen LogP contribution in [0.5, 0.6) is 0 Å². The number of benzene rings is 1. The Bertz CT molecular complexity index is 1340. The van der Waals surface area contributed by atoms with Gasteiger partial charge in [-0.05, 0) is 37.0 Å². The Kier molecular flexibility index (Phi) is 7.13. The number of aromatic nitrogens is 2. The average molecular weight is 492 g/mol. The summed E-state index contributed by atoms with van der Waals surface area (Å²) in [6.07, 6.45) is 3.73. The van der Waals surface area contributed by atoms with Crippen molar-refractivity contribution in [3.63, 3.8) is 0 Å². The number of nitriles is 1. The van der Waals surface area contributed by atoms with Crippen LogP contribution in [-0.2, 0) is 23.5 Å². The number of aryl methyl sites for hydroxylation is 1. The molecule has 1 heterocycles. The van der Waals surface area contributed by atoms with Crippen LogP contribution in [-0.4, -0.2) is 47.2 Å². The van der Waals surface area contributed by atoms with Crippen LogP contribution in [0.2, 0.25) is 5.02 Å². The second kappa shape index (κ2) is 9.52. The molecule has 1 unspecified atom stereocenters. The third kappa shape index (κ3) is 6.11. The van der Waals surface area contributed by atoms with Gasteiger partial charge in [-0.1, -0.05) is 29.7 Å². The van der Waals surface area contributed by atoms with E-state index in [9.17, 15) is 17.9 Å². The Morgan fingerprint density at radius 2 is 2.24 bits per heavy atom.